The van der Waals surface area contributed by atoms with Gasteiger partial charge in [0.1, 0.15) is 0 Å². The maximum atomic E-state index is 8.94. The van der Waals surface area contributed by atoms with E-state index in [1.165, 1.54) is 10.4 Å². The molecule has 1 aromatic heterocycles. The second-order valence-electron chi connectivity index (χ2n) is 2.98. The van der Waals surface area contributed by atoms with E-state index in [-0.39, 0.29) is 6.61 Å². The first-order chi connectivity index (χ1) is 6.79. The zero-order valence-electron chi connectivity index (χ0n) is 7.40. The molecule has 0 aliphatic carbocycles. The molecule has 1 heterocycles. The molecule has 0 radical (unpaired) electrons. The first kappa shape index (κ1) is 9.90. The van der Waals surface area contributed by atoms with Gasteiger partial charge in [0.25, 0.3) is 0 Å². The molecule has 0 saturated heterocycles. The van der Waals surface area contributed by atoms with Gasteiger partial charge in [0.05, 0.1) is 6.61 Å². The van der Waals surface area contributed by atoms with Gasteiger partial charge in [-0.05, 0) is 34.7 Å². The normalized spacial score (nSPS) is 10.4. The summed E-state index contributed by atoms with van der Waals surface area (Å²) in [5.41, 5.74) is 2.17. The van der Waals surface area contributed by atoms with Crippen LogP contribution in [0.5, 0.6) is 0 Å². The van der Waals surface area contributed by atoms with Crippen molar-refractivity contribution in [3.63, 3.8) is 0 Å². The minimum absolute atomic E-state index is 0.118. The van der Waals surface area contributed by atoms with Crippen molar-refractivity contribution in [2.24, 2.45) is 0 Å². The molecule has 0 unspecified atom stereocenters. The standard InChI is InChI=1S/C11H9BrOS/c12-10-3-1-9(2-4-10)11-5-8(6-13)7-14-11/h1-5,7,13H,6H2. The predicted molar refractivity (Wildman–Crippen MR) is 63.4 cm³/mol. The molecule has 0 fully saturated rings. The largest absolute Gasteiger partial charge is 0.392 e. The van der Waals surface area contributed by atoms with Crippen molar-refractivity contribution in [1.29, 1.82) is 0 Å². The van der Waals surface area contributed by atoms with Crippen molar-refractivity contribution in [3.8, 4) is 10.4 Å². The summed E-state index contributed by atoms with van der Waals surface area (Å²) in [6, 6.07) is 10.2. The van der Waals surface area contributed by atoms with Gasteiger partial charge in [0.15, 0.2) is 0 Å². The number of halogens is 1. The Morgan fingerprint density at radius 2 is 1.93 bits per heavy atom. The van der Waals surface area contributed by atoms with E-state index < -0.39 is 0 Å². The van der Waals surface area contributed by atoms with Gasteiger partial charge in [-0.3, -0.25) is 0 Å². The average molecular weight is 269 g/mol. The fraction of sp³-hybridized carbons (Fsp3) is 0.0909. The van der Waals surface area contributed by atoms with Crippen LogP contribution in [-0.4, -0.2) is 5.11 Å². The van der Waals surface area contributed by atoms with Crippen molar-refractivity contribution < 1.29 is 5.11 Å². The van der Waals surface area contributed by atoms with Gasteiger partial charge >= 0.3 is 0 Å². The number of hydrogen-bond acceptors (Lipinski definition) is 2. The number of benzene rings is 1. The third-order valence-corrected chi connectivity index (χ3v) is 3.52. The lowest BCUT2D eigenvalue weighted by molar-refractivity contribution is 0.282. The summed E-state index contributed by atoms with van der Waals surface area (Å²) in [4.78, 5) is 1.20. The molecule has 0 aliphatic heterocycles. The summed E-state index contributed by atoms with van der Waals surface area (Å²) in [5.74, 6) is 0. The van der Waals surface area contributed by atoms with Gasteiger partial charge in [0, 0.05) is 9.35 Å². The highest BCUT2D eigenvalue weighted by Crippen LogP contribution is 2.28. The van der Waals surface area contributed by atoms with E-state index in [0.717, 1.165) is 10.0 Å². The molecule has 0 amide bonds. The number of rotatable bonds is 2. The molecule has 1 nitrogen and oxygen atoms in total. The Labute approximate surface area is 95.2 Å². The Morgan fingerprint density at radius 1 is 1.21 bits per heavy atom. The third kappa shape index (κ3) is 2.05. The van der Waals surface area contributed by atoms with Crippen LogP contribution in [-0.2, 0) is 6.61 Å². The summed E-state index contributed by atoms with van der Waals surface area (Å²) in [6.07, 6.45) is 0. The molecule has 72 valence electrons. The van der Waals surface area contributed by atoms with E-state index in [0.29, 0.717) is 0 Å². The van der Waals surface area contributed by atoms with Crippen LogP contribution in [0.3, 0.4) is 0 Å². The molecule has 2 aromatic rings. The highest BCUT2D eigenvalue weighted by Gasteiger charge is 2.01. The highest BCUT2D eigenvalue weighted by molar-refractivity contribution is 9.10. The van der Waals surface area contributed by atoms with E-state index in [4.69, 9.17) is 5.11 Å². The number of aliphatic hydroxyl groups is 1. The first-order valence-corrected chi connectivity index (χ1v) is 5.91. The molecule has 0 spiro atoms. The summed E-state index contributed by atoms with van der Waals surface area (Å²) in [7, 11) is 0. The van der Waals surface area contributed by atoms with Crippen molar-refractivity contribution >= 4 is 27.3 Å². The van der Waals surface area contributed by atoms with Gasteiger partial charge in [-0.1, -0.05) is 28.1 Å². The lowest BCUT2D eigenvalue weighted by Crippen LogP contribution is -1.75. The van der Waals surface area contributed by atoms with Gasteiger partial charge < -0.3 is 5.11 Å². The average Bonchev–Trinajstić information content (AvgIpc) is 2.67. The van der Waals surface area contributed by atoms with Crippen molar-refractivity contribution in [3.05, 3.63) is 45.7 Å². The molecule has 3 heteroatoms. The Morgan fingerprint density at radius 3 is 2.50 bits per heavy atom. The smallest absolute Gasteiger partial charge is 0.0690 e. The number of hydrogen-bond donors (Lipinski definition) is 1. The molecule has 0 bridgehead atoms. The van der Waals surface area contributed by atoms with Gasteiger partial charge in [-0.2, -0.15) is 0 Å². The van der Waals surface area contributed by atoms with Gasteiger partial charge in [-0.25, -0.2) is 0 Å². The van der Waals surface area contributed by atoms with Crippen LogP contribution in [0.1, 0.15) is 5.56 Å². The number of thiophene rings is 1. The molecule has 1 aromatic carbocycles. The second-order valence-corrected chi connectivity index (χ2v) is 4.81. The van der Waals surface area contributed by atoms with Crippen LogP contribution in [0, 0.1) is 0 Å². The molecule has 0 saturated carbocycles. The summed E-state index contributed by atoms with van der Waals surface area (Å²) < 4.78 is 1.08. The fourth-order valence-electron chi connectivity index (χ4n) is 1.22. The molecular formula is C11H9BrOS. The topological polar surface area (TPSA) is 20.2 Å². The second kappa shape index (κ2) is 4.26. The first-order valence-electron chi connectivity index (χ1n) is 4.24. The quantitative estimate of drug-likeness (QED) is 0.881. The Kier molecular flexibility index (Phi) is 3.01. The third-order valence-electron chi connectivity index (χ3n) is 1.97. The zero-order chi connectivity index (χ0) is 9.97. The van der Waals surface area contributed by atoms with Crippen LogP contribution in [0.25, 0.3) is 10.4 Å². The van der Waals surface area contributed by atoms with Gasteiger partial charge in [-0.15, -0.1) is 11.3 Å². The van der Waals surface area contributed by atoms with Crippen molar-refractivity contribution in [1.82, 2.24) is 0 Å². The molecule has 1 N–H and O–H groups in total. The zero-order valence-corrected chi connectivity index (χ0v) is 9.81. The Balaban J connectivity index is 2.34. The van der Waals surface area contributed by atoms with Crippen LogP contribution in [0.2, 0.25) is 0 Å². The van der Waals surface area contributed by atoms with E-state index >= 15 is 0 Å². The number of aliphatic hydroxyl groups excluding tert-OH is 1. The SMILES string of the molecule is OCc1csc(-c2ccc(Br)cc2)c1. The monoisotopic (exact) mass is 268 g/mol. The summed E-state index contributed by atoms with van der Waals surface area (Å²) in [6.45, 7) is 0.118. The molecule has 14 heavy (non-hydrogen) atoms. The van der Waals surface area contributed by atoms with Crippen molar-refractivity contribution in [2.75, 3.05) is 0 Å². The fourth-order valence-corrected chi connectivity index (χ4v) is 2.40. The Bertz CT molecular complexity index is 419. The van der Waals surface area contributed by atoms with Crippen molar-refractivity contribution in [2.45, 2.75) is 6.61 Å². The minimum Gasteiger partial charge on any atom is -0.392 e. The highest BCUT2D eigenvalue weighted by atomic mass is 79.9. The summed E-state index contributed by atoms with van der Waals surface area (Å²) >= 11 is 5.06. The molecule has 0 atom stereocenters. The van der Waals surface area contributed by atoms with Gasteiger partial charge in [0.2, 0.25) is 0 Å². The van der Waals surface area contributed by atoms with E-state index in [1.807, 2.05) is 23.6 Å². The van der Waals surface area contributed by atoms with E-state index in [2.05, 4.69) is 28.1 Å². The van der Waals surface area contributed by atoms with E-state index in [9.17, 15) is 0 Å². The predicted octanol–water partition coefficient (Wildman–Crippen LogP) is 3.67. The maximum Gasteiger partial charge on any atom is 0.0690 e. The maximum absolute atomic E-state index is 8.94. The molecular weight excluding hydrogens is 260 g/mol. The lowest BCUT2D eigenvalue weighted by Gasteiger charge is -1.96. The lowest BCUT2D eigenvalue weighted by atomic mass is 10.2. The van der Waals surface area contributed by atoms with Crippen LogP contribution in [0.15, 0.2) is 40.2 Å². The molecule has 0 aliphatic rings. The molecule has 2 rings (SSSR count). The van der Waals surface area contributed by atoms with Crippen LogP contribution < -0.4 is 0 Å². The minimum atomic E-state index is 0.118. The summed E-state index contributed by atoms with van der Waals surface area (Å²) in [5, 5.41) is 10.9. The van der Waals surface area contributed by atoms with Crippen LogP contribution in [0.4, 0.5) is 0 Å². The van der Waals surface area contributed by atoms with E-state index in [1.54, 1.807) is 11.3 Å². The Hall–Kier alpha value is -0.640. The van der Waals surface area contributed by atoms with Crippen LogP contribution >= 0.6 is 27.3 Å².